The first-order valence-electron chi connectivity index (χ1n) is 5.86. The van der Waals surface area contributed by atoms with Crippen LogP contribution in [0.3, 0.4) is 0 Å². The van der Waals surface area contributed by atoms with Crippen molar-refractivity contribution in [1.29, 1.82) is 0 Å². The highest BCUT2D eigenvalue weighted by molar-refractivity contribution is 9.10. The Balaban J connectivity index is 2.57. The summed E-state index contributed by atoms with van der Waals surface area (Å²) >= 11 is 3.38. The van der Waals surface area contributed by atoms with Gasteiger partial charge < -0.3 is 11.1 Å². The lowest BCUT2D eigenvalue weighted by Crippen LogP contribution is -2.41. The summed E-state index contributed by atoms with van der Waals surface area (Å²) in [5.41, 5.74) is 6.83. The van der Waals surface area contributed by atoms with Crippen LogP contribution in [-0.2, 0) is 4.79 Å². The minimum atomic E-state index is -0.405. The van der Waals surface area contributed by atoms with Crippen molar-refractivity contribution in [2.24, 2.45) is 5.73 Å². The normalized spacial score (nSPS) is 14.1. The third-order valence-corrected chi connectivity index (χ3v) is 3.19. The standard InChI is InChI=1S/C13H19BrN2O/c1-3-4-12(15)13(17)16-9(2)10-5-7-11(14)8-6-10/h5-9,12H,3-4,15H2,1-2H3,(H,16,17)/t9-,12?/m1/s1. The maximum absolute atomic E-state index is 11.7. The van der Waals surface area contributed by atoms with Crippen LogP contribution in [0.2, 0.25) is 0 Å². The third kappa shape index (κ3) is 4.48. The summed E-state index contributed by atoms with van der Waals surface area (Å²) in [7, 11) is 0. The molecule has 4 heteroatoms. The monoisotopic (exact) mass is 298 g/mol. The molecule has 3 nitrogen and oxygen atoms in total. The van der Waals surface area contributed by atoms with Gasteiger partial charge in [0, 0.05) is 4.47 Å². The van der Waals surface area contributed by atoms with E-state index in [2.05, 4.69) is 21.2 Å². The molecule has 3 N–H and O–H groups in total. The van der Waals surface area contributed by atoms with E-state index in [1.54, 1.807) is 0 Å². The maximum Gasteiger partial charge on any atom is 0.237 e. The van der Waals surface area contributed by atoms with Crippen LogP contribution in [0.1, 0.15) is 38.3 Å². The highest BCUT2D eigenvalue weighted by Crippen LogP contribution is 2.16. The Bertz CT molecular complexity index is 364. The van der Waals surface area contributed by atoms with Crippen LogP contribution in [0, 0.1) is 0 Å². The zero-order chi connectivity index (χ0) is 12.8. The van der Waals surface area contributed by atoms with Crippen LogP contribution in [0.25, 0.3) is 0 Å². The summed E-state index contributed by atoms with van der Waals surface area (Å²) in [6.07, 6.45) is 1.64. The Morgan fingerprint density at radius 2 is 2.00 bits per heavy atom. The molecule has 1 unspecified atom stereocenters. The van der Waals surface area contributed by atoms with Crippen molar-refractivity contribution in [2.75, 3.05) is 0 Å². The van der Waals surface area contributed by atoms with Gasteiger partial charge in [-0.1, -0.05) is 41.4 Å². The van der Waals surface area contributed by atoms with E-state index in [4.69, 9.17) is 5.73 Å². The molecule has 0 aromatic heterocycles. The number of rotatable bonds is 5. The van der Waals surface area contributed by atoms with E-state index in [1.165, 1.54) is 0 Å². The molecule has 0 aliphatic carbocycles. The van der Waals surface area contributed by atoms with E-state index in [-0.39, 0.29) is 11.9 Å². The molecule has 1 aromatic carbocycles. The van der Waals surface area contributed by atoms with E-state index in [0.29, 0.717) is 0 Å². The van der Waals surface area contributed by atoms with Crippen molar-refractivity contribution in [2.45, 2.75) is 38.8 Å². The number of carbonyl (C=O) groups excluding carboxylic acids is 1. The first-order valence-corrected chi connectivity index (χ1v) is 6.65. The molecule has 0 heterocycles. The number of nitrogens with one attached hydrogen (secondary N) is 1. The average Bonchev–Trinajstić information content (AvgIpc) is 2.30. The highest BCUT2D eigenvalue weighted by Gasteiger charge is 2.15. The second-order valence-electron chi connectivity index (χ2n) is 4.18. The second-order valence-corrected chi connectivity index (χ2v) is 5.09. The number of benzene rings is 1. The number of carbonyl (C=O) groups is 1. The van der Waals surface area contributed by atoms with E-state index >= 15 is 0 Å². The Kier molecular flexibility index (Phi) is 5.65. The van der Waals surface area contributed by atoms with Gasteiger partial charge >= 0.3 is 0 Å². The lowest BCUT2D eigenvalue weighted by atomic mass is 10.1. The summed E-state index contributed by atoms with van der Waals surface area (Å²) in [6, 6.07) is 7.48. The summed E-state index contributed by atoms with van der Waals surface area (Å²) in [5, 5.41) is 2.92. The lowest BCUT2D eigenvalue weighted by Gasteiger charge is -2.17. The molecule has 0 saturated carbocycles. The van der Waals surface area contributed by atoms with Gasteiger partial charge in [0.1, 0.15) is 0 Å². The molecular weight excluding hydrogens is 280 g/mol. The van der Waals surface area contributed by atoms with Crippen molar-refractivity contribution < 1.29 is 4.79 Å². The number of hydrogen-bond acceptors (Lipinski definition) is 2. The van der Waals surface area contributed by atoms with Crippen LogP contribution >= 0.6 is 15.9 Å². The summed E-state index contributed by atoms with van der Waals surface area (Å²) in [6.45, 7) is 3.98. The Hall–Kier alpha value is -0.870. The number of nitrogens with two attached hydrogens (primary N) is 1. The molecule has 0 aliphatic rings. The van der Waals surface area contributed by atoms with Gasteiger partial charge in [-0.05, 0) is 31.0 Å². The minimum Gasteiger partial charge on any atom is -0.348 e. The highest BCUT2D eigenvalue weighted by atomic mass is 79.9. The first kappa shape index (κ1) is 14.2. The summed E-state index contributed by atoms with van der Waals surface area (Å²) in [4.78, 5) is 11.7. The van der Waals surface area contributed by atoms with Crippen LogP contribution < -0.4 is 11.1 Å². The molecule has 0 saturated heterocycles. The smallest absolute Gasteiger partial charge is 0.237 e. The Labute approximate surface area is 111 Å². The quantitative estimate of drug-likeness (QED) is 0.878. The van der Waals surface area contributed by atoms with Crippen molar-refractivity contribution in [3.05, 3.63) is 34.3 Å². The average molecular weight is 299 g/mol. The van der Waals surface area contributed by atoms with Gasteiger partial charge in [0.15, 0.2) is 0 Å². The Morgan fingerprint density at radius 3 is 2.53 bits per heavy atom. The maximum atomic E-state index is 11.7. The van der Waals surface area contributed by atoms with Crippen molar-refractivity contribution in [3.8, 4) is 0 Å². The molecule has 2 atom stereocenters. The van der Waals surface area contributed by atoms with Crippen molar-refractivity contribution in [1.82, 2.24) is 5.32 Å². The molecule has 94 valence electrons. The van der Waals surface area contributed by atoms with Gasteiger partial charge in [0.05, 0.1) is 12.1 Å². The summed E-state index contributed by atoms with van der Waals surface area (Å²) < 4.78 is 1.03. The first-order chi connectivity index (χ1) is 8.04. The number of amides is 1. The van der Waals surface area contributed by atoms with E-state index < -0.39 is 6.04 Å². The van der Waals surface area contributed by atoms with Crippen LogP contribution in [0.4, 0.5) is 0 Å². The fourth-order valence-electron chi connectivity index (χ4n) is 1.60. The van der Waals surface area contributed by atoms with Crippen LogP contribution in [0.5, 0.6) is 0 Å². The van der Waals surface area contributed by atoms with Gasteiger partial charge in [-0.3, -0.25) is 4.79 Å². The minimum absolute atomic E-state index is 0.0153. The molecule has 17 heavy (non-hydrogen) atoms. The molecule has 1 aromatic rings. The van der Waals surface area contributed by atoms with E-state index in [1.807, 2.05) is 38.1 Å². The molecular formula is C13H19BrN2O. The largest absolute Gasteiger partial charge is 0.348 e. The van der Waals surface area contributed by atoms with Gasteiger partial charge in [0.25, 0.3) is 0 Å². The molecule has 1 rings (SSSR count). The second kappa shape index (κ2) is 6.77. The zero-order valence-electron chi connectivity index (χ0n) is 10.2. The van der Waals surface area contributed by atoms with Gasteiger partial charge in [-0.25, -0.2) is 0 Å². The SMILES string of the molecule is CCCC(N)C(=O)N[C@H](C)c1ccc(Br)cc1. The fourth-order valence-corrected chi connectivity index (χ4v) is 1.86. The van der Waals surface area contributed by atoms with Gasteiger partial charge in [0.2, 0.25) is 5.91 Å². The summed E-state index contributed by atoms with van der Waals surface area (Å²) in [5.74, 6) is -0.0812. The van der Waals surface area contributed by atoms with Gasteiger partial charge in [-0.15, -0.1) is 0 Å². The topological polar surface area (TPSA) is 55.1 Å². The van der Waals surface area contributed by atoms with Gasteiger partial charge in [-0.2, -0.15) is 0 Å². The number of halogens is 1. The molecule has 1 amide bonds. The predicted octanol–water partition coefficient (Wildman–Crippen LogP) is 2.75. The molecule has 0 bridgehead atoms. The van der Waals surface area contributed by atoms with Crippen LogP contribution in [-0.4, -0.2) is 11.9 Å². The fraction of sp³-hybridized carbons (Fsp3) is 0.462. The van der Waals surface area contributed by atoms with Crippen molar-refractivity contribution in [3.63, 3.8) is 0 Å². The Morgan fingerprint density at radius 1 is 1.41 bits per heavy atom. The molecule has 0 fully saturated rings. The lowest BCUT2D eigenvalue weighted by molar-refractivity contribution is -0.123. The van der Waals surface area contributed by atoms with E-state index in [0.717, 1.165) is 22.9 Å². The molecule has 0 spiro atoms. The number of hydrogen-bond donors (Lipinski definition) is 2. The third-order valence-electron chi connectivity index (χ3n) is 2.67. The predicted molar refractivity (Wildman–Crippen MR) is 73.6 cm³/mol. The molecule has 0 aliphatic heterocycles. The zero-order valence-corrected chi connectivity index (χ0v) is 11.8. The van der Waals surface area contributed by atoms with Crippen molar-refractivity contribution >= 4 is 21.8 Å². The van der Waals surface area contributed by atoms with Crippen LogP contribution in [0.15, 0.2) is 28.7 Å². The van der Waals surface area contributed by atoms with E-state index in [9.17, 15) is 4.79 Å². The molecule has 0 radical (unpaired) electrons.